The summed E-state index contributed by atoms with van der Waals surface area (Å²) in [4.78, 5) is 0. The zero-order valence-corrected chi connectivity index (χ0v) is 11.4. The minimum atomic E-state index is 0.0667. The zero-order valence-electron chi connectivity index (χ0n) is 11.4. The van der Waals surface area contributed by atoms with Crippen molar-refractivity contribution in [2.45, 2.75) is 52.4 Å². The lowest BCUT2D eigenvalue weighted by Gasteiger charge is -2.32. The molecule has 1 rings (SSSR count). The van der Waals surface area contributed by atoms with Crippen LogP contribution in [0.2, 0.25) is 0 Å². The first-order valence-corrected chi connectivity index (χ1v) is 6.59. The standard InChI is InChI=1S/C15H24O2/c1-5-15(6-2,7-3)13-11-12(17-8-4)9-10-14(13)16/h9-11,16H,5-8H2,1-4H3. The van der Waals surface area contributed by atoms with Gasteiger partial charge in [-0.3, -0.25) is 0 Å². The van der Waals surface area contributed by atoms with E-state index in [0.29, 0.717) is 12.4 Å². The number of phenols is 1. The Labute approximate surface area is 105 Å². The van der Waals surface area contributed by atoms with E-state index in [1.165, 1.54) is 0 Å². The van der Waals surface area contributed by atoms with Crippen molar-refractivity contribution in [2.75, 3.05) is 6.61 Å². The molecule has 96 valence electrons. The molecule has 0 unspecified atom stereocenters. The molecule has 0 radical (unpaired) electrons. The first-order chi connectivity index (χ1) is 8.13. The molecule has 0 saturated carbocycles. The molecule has 1 N–H and O–H groups in total. The van der Waals surface area contributed by atoms with E-state index in [1.807, 2.05) is 19.1 Å². The maximum Gasteiger partial charge on any atom is 0.119 e. The fraction of sp³-hybridized carbons (Fsp3) is 0.600. The second-order valence-corrected chi connectivity index (χ2v) is 4.45. The van der Waals surface area contributed by atoms with Gasteiger partial charge < -0.3 is 9.84 Å². The molecular formula is C15H24O2. The number of aromatic hydroxyl groups is 1. The second kappa shape index (κ2) is 5.95. The van der Waals surface area contributed by atoms with E-state index < -0.39 is 0 Å². The van der Waals surface area contributed by atoms with E-state index in [4.69, 9.17) is 4.74 Å². The van der Waals surface area contributed by atoms with Crippen LogP contribution in [-0.4, -0.2) is 11.7 Å². The van der Waals surface area contributed by atoms with E-state index >= 15 is 0 Å². The highest BCUT2D eigenvalue weighted by atomic mass is 16.5. The predicted octanol–water partition coefficient (Wildman–Crippen LogP) is 4.26. The van der Waals surface area contributed by atoms with Gasteiger partial charge in [-0.25, -0.2) is 0 Å². The fourth-order valence-corrected chi connectivity index (χ4v) is 2.52. The number of hydrogen-bond acceptors (Lipinski definition) is 2. The van der Waals surface area contributed by atoms with Gasteiger partial charge in [0.05, 0.1) is 6.61 Å². The lowest BCUT2D eigenvalue weighted by molar-refractivity contribution is 0.329. The summed E-state index contributed by atoms with van der Waals surface area (Å²) in [5.41, 5.74) is 1.09. The molecule has 0 bridgehead atoms. The Bertz CT molecular complexity index is 346. The molecule has 2 nitrogen and oxygen atoms in total. The van der Waals surface area contributed by atoms with E-state index in [-0.39, 0.29) is 5.41 Å². The van der Waals surface area contributed by atoms with Crippen LogP contribution < -0.4 is 4.74 Å². The molecule has 0 aliphatic heterocycles. The average molecular weight is 236 g/mol. The van der Waals surface area contributed by atoms with Gasteiger partial charge in [-0.15, -0.1) is 0 Å². The summed E-state index contributed by atoms with van der Waals surface area (Å²) in [6.45, 7) is 9.17. The van der Waals surface area contributed by atoms with Crippen molar-refractivity contribution in [3.63, 3.8) is 0 Å². The molecule has 17 heavy (non-hydrogen) atoms. The first-order valence-electron chi connectivity index (χ1n) is 6.59. The summed E-state index contributed by atoms with van der Waals surface area (Å²) >= 11 is 0. The van der Waals surface area contributed by atoms with E-state index in [2.05, 4.69) is 20.8 Å². The number of phenolic OH excluding ortho intramolecular Hbond substituents is 1. The van der Waals surface area contributed by atoms with E-state index in [0.717, 1.165) is 30.6 Å². The SMILES string of the molecule is CCOc1ccc(O)c(C(CC)(CC)CC)c1. The monoisotopic (exact) mass is 236 g/mol. The maximum absolute atomic E-state index is 10.1. The quantitative estimate of drug-likeness (QED) is 0.799. The van der Waals surface area contributed by atoms with Crippen LogP contribution in [-0.2, 0) is 5.41 Å². The second-order valence-electron chi connectivity index (χ2n) is 4.45. The van der Waals surface area contributed by atoms with Crippen molar-refractivity contribution >= 4 is 0 Å². The normalized spacial score (nSPS) is 11.5. The molecule has 2 heteroatoms. The van der Waals surface area contributed by atoms with Crippen LogP contribution in [0.3, 0.4) is 0 Å². The van der Waals surface area contributed by atoms with E-state index in [1.54, 1.807) is 6.07 Å². The Morgan fingerprint density at radius 2 is 1.65 bits per heavy atom. The molecule has 0 aliphatic carbocycles. The molecule has 0 aromatic heterocycles. The average Bonchev–Trinajstić information content (AvgIpc) is 2.36. The van der Waals surface area contributed by atoms with Gasteiger partial charge in [0.2, 0.25) is 0 Å². The van der Waals surface area contributed by atoms with E-state index in [9.17, 15) is 5.11 Å². The summed E-state index contributed by atoms with van der Waals surface area (Å²) in [6.07, 6.45) is 3.09. The van der Waals surface area contributed by atoms with Crippen LogP contribution >= 0.6 is 0 Å². The Balaban J connectivity index is 3.21. The van der Waals surface area contributed by atoms with Crippen molar-refractivity contribution in [3.8, 4) is 11.5 Å². The topological polar surface area (TPSA) is 29.5 Å². The molecule has 1 aromatic carbocycles. The van der Waals surface area contributed by atoms with Crippen LogP contribution in [0.15, 0.2) is 18.2 Å². The third-order valence-electron chi connectivity index (χ3n) is 3.88. The number of ether oxygens (including phenoxy) is 1. The minimum Gasteiger partial charge on any atom is -0.508 e. The predicted molar refractivity (Wildman–Crippen MR) is 71.8 cm³/mol. The van der Waals surface area contributed by atoms with Crippen LogP contribution in [0.1, 0.15) is 52.5 Å². The molecule has 0 spiro atoms. The van der Waals surface area contributed by atoms with Crippen LogP contribution in [0.25, 0.3) is 0 Å². The number of hydrogen-bond donors (Lipinski definition) is 1. The Morgan fingerprint density at radius 1 is 1.06 bits per heavy atom. The smallest absolute Gasteiger partial charge is 0.119 e. The first kappa shape index (κ1) is 13.9. The molecule has 1 aromatic rings. The van der Waals surface area contributed by atoms with Crippen LogP contribution in [0, 0.1) is 0 Å². The van der Waals surface area contributed by atoms with Crippen molar-refractivity contribution < 1.29 is 9.84 Å². The third kappa shape index (κ3) is 2.74. The molecule has 0 amide bonds. The Morgan fingerprint density at radius 3 is 2.12 bits per heavy atom. The highest BCUT2D eigenvalue weighted by Gasteiger charge is 2.29. The minimum absolute atomic E-state index is 0.0667. The Kier molecular flexibility index (Phi) is 4.86. The Hall–Kier alpha value is -1.18. The number of rotatable bonds is 6. The highest BCUT2D eigenvalue weighted by molar-refractivity contribution is 5.44. The summed E-state index contributed by atoms with van der Waals surface area (Å²) in [5.74, 6) is 1.24. The van der Waals surface area contributed by atoms with Gasteiger partial charge in [0.15, 0.2) is 0 Å². The van der Waals surface area contributed by atoms with Crippen molar-refractivity contribution in [1.82, 2.24) is 0 Å². The number of benzene rings is 1. The van der Waals surface area contributed by atoms with Crippen molar-refractivity contribution in [2.24, 2.45) is 0 Å². The molecule has 0 saturated heterocycles. The lowest BCUT2D eigenvalue weighted by Crippen LogP contribution is -2.23. The summed E-state index contributed by atoms with van der Waals surface area (Å²) in [6, 6.07) is 5.57. The van der Waals surface area contributed by atoms with Gasteiger partial charge in [-0.05, 0) is 49.8 Å². The van der Waals surface area contributed by atoms with Crippen LogP contribution in [0.4, 0.5) is 0 Å². The van der Waals surface area contributed by atoms with Gasteiger partial charge in [0, 0.05) is 5.56 Å². The molecular weight excluding hydrogens is 212 g/mol. The van der Waals surface area contributed by atoms with Gasteiger partial charge in [0.25, 0.3) is 0 Å². The lowest BCUT2D eigenvalue weighted by atomic mass is 9.73. The summed E-state index contributed by atoms with van der Waals surface area (Å²) in [5, 5.41) is 10.1. The summed E-state index contributed by atoms with van der Waals surface area (Å²) < 4.78 is 5.52. The molecule has 0 atom stereocenters. The van der Waals surface area contributed by atoms with Gasteiger partial charge in [-0.1, -0.05) is 20.8 Å². The van der Waals surface area contributed by atoms with Gasteiger partial charge >= 0.3 is 0 Å². The van der Waals surface area contributed by atoms with Crippen molar-refractivity contribution in [1.29, 1.82) is 0 Å². The highest BCUT2D eigenvalue weighted by Crippen LogP contribution is 2.41. The van der Waals surface area contributed by atoms with Crippen molar-refractivity contribution in [3.05, 3.63) is 23.8 Å². The largest absolute Gasteiger partial charge is 0.508 e. The molecule has 0 aliphatic rings. The van der Waals surface area contributed by atoms with Crippen LogP contribution in [0.5, 0.6) is 11.5 Å². The fourth-order valence-electron chi connectivity index (χ4n) is 2.52. The third-order valence-corrected chi connectivity index (χ3v) is 3.88. The summed E-state index contributed by atoms with van der Waals surface area (Å²) in [7, 11) is 0. The van der Waals surface area contributed by atoms with Gasteiger partial charge in [0.1, 0.15) is 11.5 Å². The zero-order chi connectivity index (χ0) is 12.9. The maximum atomic E-state index is 10.1. The molecule has 0 fully saturated rings. The van der Waals surface area contributed by atoms with Gasteiger partial charge in [-0.2, -0.15) is 0 Å². The molecule has 0 heterocycles.